The third kappa shape index (κ3) is 5.96. The fraction of sp³-hybridized carbons (Fsp3) is 0.647. The monoisotopic (exact) mass is 320 g/mol. The van der Waals surface area contributed by atoms with Crippen molar-refractivity contribution in [2.75, 3.05) is 13.6 Å². The fourth-order valence-electron chi connectivity index (χ4n) is 3.07. The van der Waals surface area contributed by atoms with Gasteiger partial charge in [0.2, 0.25) is 0 Å². The van der Waals surface area contributed by atoms with Crippen molar-refractivity contribution in [3.8, 4) is 0 Å². The van der Waals surface area contributed by atoms with Crippen LogP contribution in [0.25, 0.3) is 0 Å². The predicted octanol–water partition coefficient (Wildman–Crippen LogP) is 2.40. The largest absolute Gasteiger partial charge is 0.454 e. The molecule has 23 heavy (non-hydrogen) atoms. The summed E-state index contributed by atoms with van der Waals surface area (Å²) in [6.45, 7) is 1.39. The van der Waals surface area contributed by atoms with Gasteiger partial charge in [0.05, 0.1) is 6.54 Å². The van der Waals surface area contributed by atoms with E-state index < -0.39 is 5.91 Å². The molecule has 0 bridgehead atoms. The first kappa shape index (κ1) is 17.4. The lowest BCUT2D eigenvalue weighted by Gasteiger charge is -2.21. The summed E-state index contributed by atoms with van der Waals surface area (Å²) in [6, 6.07) is 3.32. The van der Waals surface area contributed by atoms with Gasteiger partial charge in [-0.1, -0.05) is 32.1 Å². The van der Waals surface area contributed by atoms with Gasteiger partial charge in [-0.25, -0.2) is 0 Å². The molecule has 0 saturated heterocycles. The van der Waals surface area contributed by atoms with Crippen molar-refractivity contribution < 1.29 is 9.21 Å². The molecule has 1 fully saturated rings. The minimum atomic E-state index is -0.554. The lowest BCUT2D eigenvalue weighted by atomic mass is 9.86. The van der Waals surface area contributed by atoms with Crippen molar-refractivity contribution in [3.63, 3.8) is 0 Å². The van der Waals surface area contributed by atoms with Gasteiger partial charge < -0.3 is 20.8 Å². The van der Waals surface area contributed by atoms with E-state index in [9.17, 15) is 4.79 Å². The van der Waals surface area contributed by atoms with Gasteiger partial charge in [-0.3, -0.25) is 9.79 Å². The summed E-state index contributed by atoms with van der Waals surface area (Å²) < 4.78 is 5.33. The lowest BCUT2D eigenvalue weighted by Crippen LogP contribution is -2.37. The summed E-state index contributed by atoms with van der Waals surface area (Å²) in [6.07, 6.45) is 9.47. The lowest BCUT2D eigenvalue weighted by molar-refractivity contribution is 0.0972. The third-order valence-corrected chi connectivity index (χ3v) is 4.36. The second-order valence-electron chi connectivity index (χ2n) is 6.13. The van der Waals surface area contributed by atoms with Crippen LogP contribution in [0.4, 0.5) is 0 Å². The van der Waals surface area contributed by atoms with Crippen LogP contribution >= 0.6 is 0 Å². The first-order valence-corrected chi connectivity index (χ1v) is 8.52. The van der Waals surface area contributed by atoms with Crippen LogP contribution < -0.4 is 16.4 Å². The zero-order valence-corrected chi connectivity index (χ0v) is 13.9. The third-order valence-electron chi connectivity index (χ3n) is 4.36. The van der Waals surface area contributed by atoms with E-state index in [1.807, 2.05) is 0 Å². The van der Waals surface area contributed by atoms with Gasteiger partial charge in [0, 0.05) is 13.6 Å². The molecule has 4 N–H and O–H groups in total. The first-order valence-electron chi connectivity index (χ1n) is 8.52. The average molecular weight is 320 g/mol. The van der Waals surface area contributed by atoms with E-state index in [1.165, 1.54) is 38.5 Å². The van der Waals surface area contributed by atoms with Crippen LogP contribution in [0.1, 0.15) is 61.3 Å². The van der Waals surface area contributed by atoms with Crippen LogP contribution in [-0.2, 0) is 6.54 Å². The molecule has 1 heterocycles. The second-order valence-corrected chi connectivity index (χ2v) is 6.13. The zero-order chi connectivity index (χ0) is 16.5. The average Bonchev–Trinajstić information content (AvgIpc) is 3.04. The number of carbonyl (C=O) groups excluding carboxylic acids is 1. The Labute approximate surface area is 137 Å². The Morgan fingerprint density at radius 2 is 2.09 bits per heavy atom. The number of carbonyl (C=O) groups is 1. The number of rotatable bonds is 7. The maximum absolute atomic E-state index is 11.0. The van der Waals surface area contributed by atoms with Crippen molar-refractivity contribution >= 4 is 11.9 Å². The minimum absolute atomic E-state index is 0.178. The number of nitrogens with one attached hydrogen (secondary N) is 2. The molecule has 1 saturated carbocycles. The maximum Gasteiger partial charge on any atom is 0.284 e. The van der Waals surface area contributed by atoms with E-state index in [0.717, 1.165) is 24.8 Å². The second kappa shape index (κ2) is 9.22. The minimum Gasteiger partial charge on any atom is -0.454 e. The highest BCUT2D eigenvalue weighted by atomic mass is 16.3. The van der Waals surface area contributed by atoms with Crippen molar-refractivity contribution in [1.82, 2.24) is 10.6 Å². The molecule has 128 valence electrons. The van der Waals surface area contributed by atoms with Crippen molar-refractivity contribution in [2.24, 2.45) is 16.6 Å². The summed E-state index contributed by atoms with van der Waals surface area (Å²) in [4.78, 5) is 15.2. The summed E-state index contributed by atoms with van der Waals surface area (Å²) in [7, 11) is 1.74. The molecular weight excluding hydrogens is 292 g/mol. The number of amides is 1. The van der Waals surface area contributed by atoms with Gasteiger partial charge in [-0.15, -0.1) is 0 Å². The van der Waals surface area contributed by atoms with Gasteiger partial charge in [0.25, 0.3) is 5.91 Å². The topological polar surface area (TPSA) is 92.6 Å². The fourth-order valence-corrected chi connectivity index (χ4v) is 3.07. The summed E-state index contributed by atoms with van der Waals surface area (Å²) in [5.41, 5.74) is 5.16. The number of furan rings is 1. The molecular formula is C17H28N4O2. The molecule has 0 atom stereocenters. The number of nitrogens with two attached hydrogens (primary N) is 1. The molecule has 0 spiro atoms. The van der Waals surface area contributed by atoms with Gasteiger partial charge >= 0.3 is 0 Å². The van der Waals surface area contributed by atoms with E-state index in [-0.39, 0.29) is 5.76 Å². The summed E-state index contributed by atoms with van der Waals surface area (Å²) >= 11 is 0. The summed E-state index contributed by atoms with van der Waals surface area (Å²) in [5.74, 6) is 1.93. The Hall–Kier alpha value is -1.98. The highest BCUT2D eigenvalue weighted by molar-refractivity contribution is 5.89. The Morgan fingerprint density at radius 3 is 2.74 bits per heavy atom. The first-order chi connectivity index (χ1) is 11.2. The zero-order valence-electron chi connectivity index (χ0n) is 13.9. The molecule has 1 aliphatic rings. The molecule has 0 aliphatic heterocycles. The van der Waals surface area contributed by atoms with Crippen LogP contribution in [0, 0.1) is 5.92 Å². The number of primary amides is 1. The molecule has 1 aromatic rings. The number of guanidine groups is 1. The van der Waals surface area contributed by atoms with Crippen LogP contribution in [0.3, 0.4) is 0 Å². The quantitative estimate of drug-likeness (QED) is 0.408. The molecule has 0 unspecified atom stereocenters. The molecule has 1 amide bonds. The smallest absolute Gasteiger partial charge is 0.284 e. The normalized spacial score (nSPS) is 16.3. The van der Waals surface area contributed by atoms with Crippen molar-refractivity contribution in [1.29, 1.82) is 0 Å². The van der Waals surface area contributed by atoms with Gasteiger partial charge in [0.1, 0.15) is 5.76 Å². The molecule has 0 aromatic carbocycles. The molecule has 0 radical (unpaired) electrons. The van der Waals surface area contributed by atoms with E-state index in [0.29, 0.717) is 12.3 Å². The van der Waals surface area contributed by atoms with Gasteiger partial charge in [-0.2, -0.15) is 0 Å². The summed E-state index contributed by atoms with van der Waals surface area (Å²) in [5, 5.41) is 6.48. The number of aliphatic imine (C=N–C) groups is 1. The van der Waals surface area contributed by atoms with E-state index in [1.54, 1.807) is 19.2 Å². The highest BCUT2D eigenvalue weighted by Gasteiger charge is 2.12. The van der Waals surface area contributed by atoms with Crippen molar-refractivity contribution in [3.05, 3.63) is 23.7 Å². The number of hydrogen-bond acceptors (Lipinski definition) is 3. The van der Waals surface area contributed by atoms with E-state index >= 15 is 0 Å². The number of nitrogens with zero attached hydrogens (tertiary/aromatic N) is 1. The molecule has 1 aromatic heterocycles. The maximum atomic E-state index is 11.0. The predicted molar refractivity (Wildman–Crippen MR) is 91.2 cm³/mol. The highest BCUT2D eigenvalue weighted by Crippen LogP contribution is 2.26. The molecule has 6 heteroatoms. The van der Waals surface area contributed by atoms with E-state index in [2.05, 4.69) is 15.6 Å². The Morgan fingerprint density at radius 1 is 1.30 bits per heavy atom. The van der Waals surface area contributed by atoms with Crippen LogP contribution in [-0.4, -0.2) is 25.5 Å². The molecule has 6 nitrogen and oxygen atoms in total. The van der Waals surface area contributed by atoms with Crippen LogP contribution in [0.2, 0.25) is 0 Å². The Balaban J connectivity index is 1.63. The van der Waals surface area contributed by atoms with Crippen LogP contribution in [0.15, 0.2) is 21.5 Å². The number of hydrogen-bond donors (Lipinski definition) is 3. The SMILES string of the molecule is CN=C(NCCCC1CCCCC1)NCc1ccc(C(N)=O)o1. The van der Waals surface area contributed by atoms with Gasteiger partial charge in [0.15, 0.2) is 11.7 Å². The van der Waals surface area contributed by atoms with Crippen molar-refractivity contribution in [2.45, 2.75) is 51.5 Å². The van der Waals surface area contributed by atoms with E-state index in [4.69, 9.17) is 10.2 Å². The Bertz CT molecular complexity index is 518. The van der Waals surface area contributed by atoms with Crippen LogP contribution in [0.5, 0.6) is 0 Å². The molecule has 1 aliphatic carbocycles. The Kier molecular flexibility index (Phi) is 6.97. The standard InChI is InChI=1S/C17H28N4O2/c1-19-17(20-11-5-8-13-6-3-2-4-7-13)21-12-14-9-10-15(23-14)16(18)22/h9-10,13H,2-8,11-12H2,1H3,(H2,18,22)(H2,19,20,21). The van der Waals surface area contributed by atoms with Gasteiger partial charge in [-0.05, 0) is 30.9 Å². The molecule has 2 rings (SSSR count).